The number of fused-ring (bicyclic) bond motifs is 1. The van der Waals surface area contributed by atoms with Gasteiger partial charge in [0.1, 0.15) is 0 Å². The molecule has 1 heterocycles. The van der Waals surface area contributed by atoms with E-state index in [4.69, 9.17) is 0 Å². The maximum Gasteiger partial charge on any atom is -0.00934 e. The van der Waals surface area contributed by atoms with Crippen LogP contribution in [0.3, 0.4) is 0 Å². The van der Waals surface area contributed by atoms with Crippen molar-refractivity contribution in [1.29, 1.82) is 0 Å². The quantitative estimate of drug-likeness (QED) is 0.308. The van der Waals surface area contributed by atoms with E-state index in [9.17, 15) is 0 Å². The summed E-state index contributed by atoms with van der Waals surface area (Å²) < 4.78 is 0. The average molecular weight is 381 g/mol. The lowest BCUT2D eigenvalue weighted by atomic mass is 9.96. The highest BCUT2D eigenvalue weighted by Gasteiger charge is 2.03. The van der Waals surface area contributed by atoms with Crippen molar-refractivity contribution in [3.63, 3.8) is 0 Å². The molecule has 27 heavy (non-hydrogen) atoms. The molecule has 0 unspecified atom stereocenters. The predicted molar refractivity (Wildman–Crippen MR) is 124 cm³/mol. The molecular formula is C26H36S. The summed E-state index contributed by atoms with van der Waals surface area (Å²) in [5.41, 5.74) is 3.06. The first-order chi connectivity index (χ1) is 13.3. The first kappa shape index (κ1) is 21.7. The molecule has 0 N–H and O–H groups in total. The van der Waals surface area contributed by atoms with Crippen LogP contribution in [0.2, 0.25) is 0 Å². The molecule has 0 fully saturated rings. The Labute approximate surface area is 170 Å². The van der Waals surface area contributed by atoms with Gasteiger partial charge in [-0.2, -0.15) is 11.3 Å². The van der Waals surface area contributed by atoms with Crippen molar-refractivity contribution in [2.24, 2.45) is 0 Å². The molecule has 1 aromatic heterocycles. The molecule has 0 saturated carbocycles. The maximum atomic E-state index is 2.45. The topological polar surface area (TPSA) is 0 Å². The van der Waals surface area contributed by atoms with Crippen LogP contribution in [0.25, 0.3) is 10.8 Å². The first-order valence-corrected chi connectivity index (χ1v) is 11.8. The second kappa shape index (κ2) is 13.6. The van der Waals surface area contributed by atoms with Crippen LogP contribution in [0.1, 0.15) is 76.3 Å². The van der Waals surface area contributed by atoms with Gasteiger partial charge in [-0.3, -0.25) is 0 Å². The molecule has 3 aromatic rings. The minimum atomic E-state index is 1.23. The third-order valence-corrected chi connectivity index (χ3v) is 5.71. The Morgan fingerprint density at radius 2 is 1.37 bits per heavy atom. The Balaban J connectivity index is 0.000000451. The number of rotatable bonds is 10. The highest BCUT2D eigenvalue weighted by Crippen LogP contribution is 2.23. The summed E-state index contributed by atoms with van der Waals surface area (Å²) in [5, 5.41) is 6.98. The van der Waals surface area contributed by atoms with E-state index in [1.165, 1.54) is 80.5 Å². The molecule has 0 aliphatic heterocycles. The van der Waals surface area contributed by atoms with E-state index in [-0.39, 0.29) is 0 Å². The molecule has 0 aliphatic rings. The fourth-order valence-electron chi connectivity index (χ4n) is 3.48. The molecule has 0 radical (unpaired) electrons. The highest BCUT2D eigenvalue weighted by atomic mass is 32.1. The van der Waals surface area contributed by atoms with Crippen molar-refractivity contribution in [3.8, 4) is 0 Å². The van der Waals surface area contributed by atoms with Gasteiger partial charge in [-0.25, -0.2) is 0 Å². The Morgan fingerprint density at radius 1 is 0.667 bits per heavy atom. The summed E-state index contributed by atoms with van der Waals surface area (Å²) in [5.74, 6) is 0. The molecule has 0 aliphatic carbocycles. The van der Waals surface area contributed by atoms with Crippen molar-refractivity contribution < 1.29 is 0 Å². The minimum absolute atomic E-state index is 1.23. The lowest BCUT2D eigenvalue weighted by Gasteiger charge is -2.09. The Morgan fingerprint density at radius 3 is 2.00 bits per heavy atom. The molecule has 1 heteroatoms. The molecule has 3 rings (SSSR count). The van der Waals surface area contributed by atoms with Gasteiger partial charge in [-0.15, -0.1) is 0 Å². The number of hydrogen-bond acceptors (Lipinski definition) is 1. The smallest absolute Gasteiger partial charge is 0.00934 e. The van der Waals surface area contributed by atoms with Crippen LogP contribution in [-0.4, -0.2) is 0 Å². The summed E-state index contributed by atoms with van der Waals surface area (Å²) in [7, 11) is 0. The van der Waals surface area contributed by atoms with Gasteiger partial charge in [0.15, 0.2) is 0 Å². The van der Waals surface area contributed by atoms with Crippen LogP contribution in [0.15, 0.2) is 59.3 Å². The summed E-state index contributed by atoms with van der Waals surface area (Å²) in [6.45, 7) is 4.56. The zero-order chi connectivity index (χ0) is 19.2. The third-order valence-electron chi connectivity index (χ3n) is 5.08. The molecule has 0 bridgehead atoms. The van der Waals surface area contributed by atoms with Gasteiger partial charge >= 0.3 is 0 Å². The zero-order valence-electron chi connectivity index (χ0n) is 17.3. The van der Waals surface area contributed by atoms with Gasteiger partial charge in [0.25, 0.3) is 0 Å². The summed E-state index contributed by atoms with van der Waals surface area (Å²) >= 11 is 1.71. The van der Waals surface area contributed by atoms with E-state index >= 15 is 0 Å². The van der Waals surface area contributed by atoms with E-state index in [1.54, 1.807) is 16.9 Å². The lowest BCUT2D eigenvalue weighted by Crippen LogP contribution is -1.91. The molecule has 0 spiro atoms. The Hall–Kier alpha value is -1.60. The van der Waals surface area contributed by atoms with Crippen molar-refractivity contribution in [2.45, 2.75) is 78.1 Å². The van der Waals surface area contributed by atoms with Crippen molar-refractivity contribution in [3.05, 3.63) is 70.4 Å². The average Bonchev–Trinajstić information content (AvgIpc) is 3.29. The number of aryl methyl sites for hydroxylation is 2. The van der Waals surface area contributed by atoms with Gasteiger partial charge in [0.2, 0.25) is 0 Å². The fraction of sp³-hybridized carbons (Fsp3) is 0.462. The van der Waals surface area contributed by atoms with E-state index in [0.29, 0.717) is 0 Å². The van der Waals surface area contributed by atoms with Crippen LogP contribution in [0.5, 0.6) is 0 Å². The van der Waals surface area contributed by atoms with Crippen LogP contribution in [0.4, 0.5) is 0 Å². The summed E-state index contributed by atoms with van der Waals surface area (Å²) in [6, 6.07) is 17.9. The standard InChI is InChI=1S/C22H32.C4H4S/c1-3-5-7-9-12-19-16-17-21-15-11-14-20(22(21)18-19)13-10-8-6-4-2;1-2-4-5-3-1/h11,14-18H,3-10,12-13H2,1-2H3;1-4H. The van der Waals surface area contributed by atoms with Gasteiger partial charge in [-0.1, -0.05) is 101 Å². The highest BCUT2D eigenvalue weighted by molar-refractivity contribution is 7.07. The van der Waals surface area contributed by atoms with Crippen LogP contribution < -0.4 is 0 Å². The number of unbranched alkanes of at least 4 members (excludes halogenated alkanes) is 6. The molecule has 0 amide bonds. The van der Waals surface area contributed by atoms with E-state index in [0.717, 1.165) is 0 Å². The Bertz CT molecular complexity index is 710. The maximum absolute atomic E-state index is 2.45. The molecule has 146 valence electrons. The predicted octanol–water partition coefficient (Wildman–Crippen LogP) is 8.83. The van der Waals surface area contributed by atoms with Crippen molar-refractivity contribution >= 4 is 22.1 Å². The third kappa shape index (κ3) is 8.30. The van der Waals surface area contributed by atoms with Gasteiger partial charge in [0, 0.05) is 0 Å². The SMILES string of the molecule is CCCCCCc1ccc2cccc(CCCCCC)c2c1.c1ccsc1. The van der Waals surface area contributed by atoms with Gasteiger partial charge < -0.3 is 0 Å². The number of hydrogen-bond donors (Lipinski definition) is 0. The minimum Gasteiger partial charge on any atom is -0.152 e. The second-order valence-corrected chi connectivity index (χ2v) is 8.20. The lowest BCUT2D eigenvalue weighted by molar-refractivity contribution is 0.666. The normalized spacial score (nSPS) is 10.6. The first-order valence-electron chi connectivity index (χ1n) is 10.8. The van der Waals surface area contributed by atoms with Crippen molar-refractivity contribution in [2.75, 3.05) is 0 Å². The number of benzene rings is 2. The van der Waals surface area contributed by atoms with E-state index in [2.05, 4.69) is 50.2 Å². The molecule has 0 nitrogen and oxygen atoms in total. The fourth-order valence-corrected chi connectivity index (χ4v) is 3.94. The second-order valence-electron chi connectivity index (χ2n) is 7.39. The van der Waals surface area contributed by atoms with Crippen LogP contribution in [0, 0.1) is 0 Å². The molecule has 0 saturated heterocycles. The van der Waals surface area contributed by atoms with E-state index < -0.39 is 0 Å². The van der Waals surface area contributed by atoms with Gasteiger partial charge in [0.05, 0.1) is 0 Å². The summed E-state index contributed by atoms with van der Waals surface area (Å²) in [6.07, 6.45) is 13.2. The molecular weight excluding hydrogens is 344 g/mol. The largest absolute Gasteiger partial charge is 0.152 e. The van der Waals surface area contributed by atoms with Crippen LogP contribution in [-0.2, 0) is 12.8 Å². The number of thiophene rings is 1. The summed E-state index contributed by atoms with van der Waals surface area (Å²) in [4.78, 5) is 0. The van der Waals surface area contributed by atoms with E-state index in [1.807, 2.05) is 22.9 Å². The Kier molecular flexibility index (Phi) is 10.9. The monoisotopic (exact) mass is 380 g/mol. The van der Waals surface area contributed by atoms with Crippen LogP contribution >= 0.6 is 11.3 Å². The van der Waals surface area contributed by atoms with Crippen molar-refractivity contribution in [1.82, 2.24) is 0 Å². The molecule has 2 aromatic carbocycles. The molecule has 0 atom stereocenters. The van der Waals surface area contributed by atoms with Gasteiger partial charge in [-0.05, 0) is 58.3 Å². The zero-order valence-corrected chi connectivity index (χ0v) is 18.1.